The van der Waals surface area contributed by atoms with E-state index in [4.69, 9.17) is 10.5 Å². The normalized spacial score (nSPS) is 15.9. The molecule has 1 aliphatic heterocycles. The van der Waals surface area contributed by atoms with Gasteiger partial charge in [-0.25, -0.2) is 0 Å². The predicted octanol–water partition coefficient (Wildman–Crippen LogP) is 2.72. The lowest BCUT2D eigenvalue weighted by atomic mass is 10.2. The number of carbonyl (C=O) groups is 1. The van der Waals surface area contributed by atoms with Crippen LogP contribution in [0.4, 0.5) is 5.69 Å². The Morgan fingerprint density at radius 1 is 1.37 bits per heavy atom. The minimum absolute atomic E-state index is 0.0122. The van der Waals surface area contributed by atoms with Crippen molar-refractivity contribution in [3.05, 3.63) is 27.5 Å². The molecule has 0 bridgehead atoms. The summed E-state index contributed by atoms with van der Waals surface area (Å²) < 4.78 is 7.27. The SMILES string of the molecule is Nc1c(C(=O)N2CCOCC2)sc2ccc(Br)cc12. The fourth-order valence-corrected chi connectivity index (χ4v) is 3.59. The second-order valence-electron chi connectivity index (χ2n) is 4.39. The molecular formula is C13H13BrN2O2S. The molecule has 0 unspecified atom stereocenters. The number of benzene rings is 1. The van der Waals surface area contributed by atoms with E-state index in [1.54, 1.807) is 4.90 Å². The van der Waals surface area contributed by atoms with E-state index in [0.717, 1.165) is 14.6 Å². The van der Waals surface area contributed by atoms with Crippen LogP contribution in [-0.4, -0.2) is 37.1 Å². The number of amides is 1. The first-order valence-corrected chi connectivity index (χ1v) is 7.62. The molecule has 100 valence electrons. The van der Waals surface area contributed by atoms with Gasteiger partial charge in [0.05, 0.1) is 18.9 Å². The number of nitrogens with two attached hydrogens (primary N) is 1. The maximum Gasteiger partial charge on any atom is 0.266 e. The Morgan fingerprint density at radius 2 is 2.11 bits per heavy atom. The Morgan fingerprint density at radius 3 is 2.84 bits per heavy atom. The van der Waals surface area contributed by atoms with Crippen LogP contribution in [0.1, 0.15) is 9.67 Å². The number of morpholine rings is 1. The number of halogens is 1. The Balaban J connectivity index is 2.00. The quantitative estimate of drug-likeness (QED) is 0.868. The highest BCUT2D eigenvalue weighted by Crippen LogP contribution is 2.36. The van der Waals surface area contributed by atoms with Crippen molar-refractivity contribution in [3.8, 4) is 0 Å². The van der Waals surface area contributed by atoms with Crippen molar-refractivity contribution in [2.45, 2.75) is 0 Å². The minimum Gasteiger partial charge on any atom is -0.397 e. The van der Waals surface area contributed by atoms with Crippen LogP contribution in [0.25, 0.3) is 10.1 Å². The Bertz CT molecular complexity index is 635. The monoisotopic (exact) mass is 340 g/mol. The van der Waals surface area contributed by atoms with Gasteiger partial charge >= 0.3 is 0 Å². The van der Waals surface area contributed by atoms with Crippen molar-refractivity contribution >= 4 is 48.9 Å². The van der Waals surface area contributed by atoms with Gasteiger partial charge in [0.15, 0.2) is 0 Å². The molecule has 2 N–H and O–H groups in total. The van der Waals surface area contributed by atoms with Crippen LogP contribution in [0.15, 0.2) is 22.7 Å². The number of nitrogens with zero attached hydrogens (tertiary/aromatic N) is 1. The molecule has 2 aromatic rings. The Labute approximate surface area is 123 Å². The third-order valence-corrected chi connectivity index (χ3v) is 4.85. The lowest BCUT2D eigenvalue weighted by Crippen LogP contribution is -2.40. The maximum absolute atomic E-state index is 12.5. The average molecular weight is 341 g/mol. The smallest absolute Gasteiger partial charge is 0.266 e. The molecule has 0 saturated carbocycles. The van der Waals surface area contributed by atoms with Crippen LogP contribution in [0.3, 0.4) is 0 Å². The van der Waals surface area contributed by atoms with E-state index in [2.05, 4.69) is 15.9 Å². The largest absolute Gasteiger partial charge is 0.397 e. The van der Waals surface area contributed by atoms with Crippen molar-refractivity contribution < 1.29 is 9.53 Å². The van der Waals surface area contributed by atoms with Crippen LogP contribution in [0, 0.1) is 0 Å². The number of anilines is 1. The Kier molecular flexibility index (Phi) is 3.47. The molecule has 1 fully saturated rings. The van der Waals surface area contributed by atoms with Crippen molar-refractivity contribution in [2.24, 2.45) is 0 Å². The summed E-state index contributed by atoms with van der Waals surface area (Å²) in [5.41, 5.74) is 6.71. The predicted molar refractivity (Wildman–Crippen MR) is 80.7 cm³/mol. The number of nitrogen functional groups attached to an aromatic ring is 1. The number of rotatable bonds is 1. The zero-order valence-corrected chi connectivity index (χ0v) is 12.6. The minimum atomic E-state index is 0.0122. The average Bonchev–Trinajstić information content (AvgIpc) is 2.76. The van der Waals surface area contributed by atoms with Gasteiger partial charge in [0, 0.05) is 27.6 Å². The second-order valence-corrected chi connectivity index (χ2v) is 6.36. The molecule has 6 heteroatoms. The molecule has 3 rings (SSSR count). The highest BCUT2D eigenvalue weighted by molar-refractivity contribution is 9.10. The molecule has 2 heterocycles. The van der Waals surface area contributed by atoms with Crippen molar-refractivity contribution in [1.29, 1.82) is 0 Å². The first-order chi connectivity index (χ1) is 9.16. The van der Waals surface area contributed by atoms with E-state index in [1.165, 1.54) is 11.3 Å². The van der Waals surface area contributed by atoms with Crippen LogP contribution in [-0.2, 0) is 4.74 Å². The summed E-state index contributed by atoms with van der Waals surface area (Å²) in [6.45, 7) is 2.47. The van der Waals surface area contributed by atoms with Crippen LogP contribution >= 0.6 is 27.3 Å². The van der Waals surface area contributed by atoms with Crippen molar-refractivity contribution in [2.75, 3.05) is 32.0 Å². The topological polar surface area (TPSA) is 55.6 Å². The lowest BCUT2D eigenvalue weighted by Gasteiger charge is -2.26. The summed E-state index contributed by atoms with van der Waals surface area (Å²) in [4.78, 5) is 14.9. The van der Waals surface area contributed by atoms with E-state index in [9.17, 15) is 4.79 Å². The molecule has 0 aliphatic carbocycles. The van der Waals surface area contributed by atoms with Crippen LogP contribution in [0.2, 0.25) is 0 Å². The van der Waals surface area contributed by atoms with Gasteiger partial charge in [0.1, 0.15) is 4.88 Å². The zero-order chi connectivity index (χ0) is 13.4. The van der Waals surface area contributed by atoms with Crippen LogP contribution in [0.5, 0.6) is 0 Å². The number of hydrogen-bond acceptors (Lipinski definition) is 4. The van der Waals surface area contributed by atoms with Gasteiger partial charge < -0.3 is 15.4 Å². The fraction of sp³-hybridized carbons (Fsp3) is 0.308. The molecule has 4 nitrogen and oxygen atoms in total. The van der Waals surface area contributed by atoms with Gasteiger partial charge in [0.2, 0.25) is 0 Å². The summed E-state index contributed by atoms with van der Waals surface area (Å²) >= 11 is 4.88. The van der Waals surface area contributed by atoms with E-state index in [-0.39, 0.29) is 5.91 Å². The third kappa shape index (κ3) is 2.35. The molecule has 19 heavy (non-hydrogen) atoms. The standard InChI is InChI=1S/C13H13BrN2O2S/c14-8-1-2-10-9(7-8)11(15)12(19-10)13(17)16-3-5-18-6-4-16/h1-2,7H,3-6,15H2. The second kappa shape index (κ2) is 5.11. The molecule has 0 atom stereocenters. The third-order valence-electron chi connectivity index (χ3n) is 3.18. The highest BCUT2D eigenvalue weighted by Gasteiger charge is 2.23. The van der Waals surface area contributed by atoms with E-state index in [0.29, 0.717) is 36.9 Å². The number of ether oxygens (including phenoxy) is 1. The summed E-state index contributed by atoms with van der Waals surface area (Å²) in [5.74, 6) is 0.0122. The van der Waals surface area contributed by atoms with E-state index in [1.807, 2.05) is 18.2 Å². The van der Waals surface area contributed by atoms with Gasteiger partial charge in [-0.3, -0.25) is 4.79 Å². The fourth-order valence-electron chi connectivity index (χ4n) is 2.16. The number of thiophene rings is 1. The molecule has 1 aromatic heterocycles. The lowest BCUT2D eigenvalue weighted by molar-refractivity contribution is 0.0307. The zero-order valence-electron chi connectivity index (χ0n) is 10.2. The van der Waals surface area contributed by atoms with Crippen molar-refractivity contribution in [1.82, 2.24) is 4.90 Å². The highest BCUT2D eigenvalue weighted by atomic mass is 79.9. The molecule has 0 spiro atoms. The number of fused-ring (bicyclic) bond motifs is 1. The van der Waals surface area contributed by atoms with E-state index >= 15 is 0 Å². The van der Waals surface area contributed by atoms with Gasteiger partial charge in [-0.1, -0.05) is 15.9 Å². The van der Waals surface area contributed by atoms with Gasteiger partial charge in [-0.05, 0) is 18.2 Å². The Hall–Kier alpha value is -1.11. The summed E-state index contributed by atoms with van der Waals surface area (Å²) in [6, 6.07) is 5.90. The molecule has 1 aromatic carbocycles. The number of hydrogen-bond donors (Lipinski definition) is 1. The van der Waals surface area contributed by atoms with Crippen LogP contribution < -0.4 is 5.73 Å². The number of carbonyl (C=O) groups excluding carboxylic acids is 1. The summed E-state index contributed by atoms with van der Waals surface area (Å²) in [5, 5.41) is 0.941. The molecule has 1 amide bonds. The van der Waals surface area contributed by atoms with Gasteiger partial charge in [-0.15, -0.1) is 11.3 Å². The molecule has 1 saturated heterocycles. The molecule has 1 aliphatic rings. The summed E-state index contributed by atoms with van der Waals surface area (Å²) in [6.07, 6.45) is 0. The molecular weight excluding hydrogens is 328 g/mol. The van der Waals surface area contributed by atoms with Gasteiger partial charge in [-0.2, -0.15) is 0 Å². The first-order valence-electron chi connectivity index (χ1n) is 6.01. The van der Waals surface area contributed by atoms with E-state index < -0.39 is 0 Å². The molecule has 0 radical (unpaired) electrons. The van der Waals surface area contributed by atoms with Gasteiger partial charge in [0.25, 0.3) is 5.91 Å². The first kappa shape index (κ1) is 12.9. The maximum atomic E-state index is 12.5. The van der Waals surface area contributed by atoms with Crippen molar-refractivity contribution in [3.63, 3.8) is 0 Å². The summed E-state index contributed by atoms with van der Waals surface area (Å²) in [7, 11) is 0.